The van der Waals surface area contributed by atoms with Gasteiger partial charge in [0.15, 0.2) is 0 Å². The van der Waals surface area contributed by atoms with Crippen LogP contribution in [0.5, 0.6) is 0 Å². The van der Waals surface area contributed by atoms with Crippen molar-refractivity contribution in [1.82, 2.24) is 5.32 Å². The van der Waals surface area contributed by atoms with Crippen LogP contribution in [-0.2, 0) is 9.53 Å². The molecule has 0 heterocycles. The van der Waals surface area contributed by atoms with E-state index in [2.05, 4.69) is 12.2 Å². The van der Waals surface area contributed by atoms with Crippen LogP contribution in [0.3, 0.4) is 0 Å². The van der Waals surface area contributed by atoms with Gasteiger partial charge in [0.2, 0.25) is 0 Å². The van der Waals surface area contributed by atoms with Crippen LogP contribution in [0, 0.1) is 5.82 Å². The van der Waals surface area contributed by atoms with Crippen molar-refractivity contribution in [3.05, 3.63) is 35.6 Å². The maximum Gasteiger partial charge on any atom is 0.328 e. The first kappa shape index (κ1) is 29.1. The van der Waals surface area contributed by atoms with Crippen LogP contribution in [-0.4, -0.2) is 24.5 Å². The van der Waals surface area contributed by atoms with Crippen LogP contribution in [0.4, 0.5) is 4.39 Å². The Labute approximate surface area is 201 Å². The Kier molecular flexibility index (Phi) is 17.3. The van der Waals surface area contributed by atoms with E-state index in [0.29, 0.717) is 12.2 Å². The van der Waals surface area contributed by atoms with Gasteiger partial charge in [0, 0.05) is 5.56 Å². The number of rotatable bonds is 20. The fraction of sp³-hybridized carbons (Fsp3) is 0.714. The molecule has 1 atom stereocenters. The second-order valence-electron chi connectivity index (χ2n) is 9.17. The van der Waals surface area contributed by atoms with Crippen molar-refractivity contribution in [2.45, 2.75) is 123 Å². The number of nitrogens with one attached hydrogen (secondary N) is 1. The predicted molar refractivity (Wildman–Crippen MR) is 134 cm³/mol. The van der Waals surface area contributed by atoms with E-state index in [1.165, 1.54) is 114 Å². The van der Waals surface area contributed by atoms with Crippen LogP contribution in [0.15, 0.2) is 24.3 Å². The van der Waals surface area contributed by atoms with Crippen molar-refractivity contribution in [2.24, 2.45) is 0 Å². The topological polar surface area (TPSA) is 55.4 Å². The van der Waals surface area contributed by atoms with Crippen molar-refractivity contribution < 1.29 is 18.7 Å². The Bertz CT molecular complexity index is 633. The molecule has 1 aromatic rings. The summed E-state index contributed by atoms with van der Waals surface area (Å²) in [6, 6.07) is 4.48. The Morgan fingerprint density at radius 3 is 1.64 bits per heavy atom. The maximum absolute atomic E-state index is 12.9. The third-order valence-corrected chi connectivity index (χ3v) is 6.05. The molecule has 1 amide bonds. The van der Waals surface area contributed by atoms with Crippen molar-refractivity contribution in [1.29, 1.82) is 0 Å². The first-order valence-electron chi connectivity index (χ1n) is 13.3. The van der Waals surface area contributed by atoms with E-state index >= 15 is 0 Å². The molecular formula is C28H46FNO3. The molecule has 33 heavy (non-hydrogen) atoms. The van der Waals surface area contributed by atoms with E-state index in [0.717, 1.165) is 12.8 Å². The summed E-state index contributed by atoms with van der Waals surface area (Å²) in [4.78, 5) is 24.1. The number of ether oxygens (including phenoxy) is 1. The molecule has 4 nitrogen and oxygen atoms in total. The molecule has 0 fully saturated rings. The monoisotopic (exact) mass is 463 g/mol. The minimum absolute atomic E-state index is 0.314. The molecule has 0 aliphatic heterocycles. The zero-order chi connectivity index (χ0) is 24.2. The third-order valence-electron chi connectivity index (χ3n) is 6.05. The Morgan fingerprint density at radius 1 is 0.758 bits per heavy atom. The number of hydrogen-bond acceptors (Lipinski definition) is 3. The van der Waals surface area contributed by atoms with Gasteiger partial charge in [0.1, 0.15) is 11.9 Å². The molecule has 0 saturated heterocycles. The van der Waals surface area contributed by atoms with Gasteiger partial charge < -0.3 is 10.1 Å². The van der Waals surface area contributed by atoms with Crippen LogP contribution in [0.2, 0.25) is 0 Å². The largest absolute Gasteiger partial charge is 0.464 e. The molecule has 0 spiro atoms. The van der Waals surface area contributed by atoms with Gasteiger partial charge in [0.25, 0.3) is 5.91 Å². The second kappa shape index (κ2) is 19.5. The normalized spacial score (nSPS) is 11.8. The zero-order valence-corrected chi connectivity index (χ0v) is 21.0. The number of carbonyl (C=O) groups excluding carboxylic acids is 2. The molecule has 1 N–H and O–H groups in total. The van der Waals surface area contributed by atoms with Crippen molar-refractivity contribution in [2.75, 3.05) is 6.61 Å². The summed E-state index contributed by atoms with van der Waals surface area (Å²) in [6.07, 6.45) is 20.9. The Hall–Kier alpha value is -1.91. The third kappa shape index (κ3) is 15.5. The van der Waals surface area contributed by atoms with Gasteiger partial charge in [-0.3, -0.25) is 4.79 Å². The summed E-state index contributed by atoms with van der Waals surface area (Å²) in [7, 11) is 0. The molecule has 0 aliphatic carbocycles. The van der Waals surface area contributed by atoms with Gasteiger partial charge in [-0.15, -0.1) is 0 Å². The molecule has 0 aromatic heterocycles. The fourth-order valence-electron chi connectivity index (χ4n) is 3.89. The first-order valence-corrected chi connectivity index (χ1v) is 13.3. The summed E-state index contributed by atoms with van der Waals surface area (Å²) in [5.74, 6) is -1.26. The number of carbonyl (C=O) groups is 2. The minimum Gasteiger partial charge on any atom is -0.464 e. The van der Waals surface area contributed by atoms with Crippen LogP contribution >= 0.6 is 0 Å². The summed E-state index contributed by atoms with van der Waals surface area (Å²) >= 11 is 0. The van der Waals surface area contributed by atoms with Crippen molar-refractivity contribution in [3.63, 3.8) is 0 Å². The number of halogens is 1. The highest BCUT2D eigenvalue weighted by Gasteiger charge is 2.17. The lowest BCUT2D eigenvalue weighted by molar-refractivity contribution is -0.145. The number of amides is 1. The molecule has 5 heteroatoms. The van der Waals surface area contributed by atoms with Crippen LogP contribution in [0.25, 0.3) is 0 Å². The lowest BCUT2D eigenvalue weighted by Crippen LogP contribution is -2.39. The average Bonchev–Trinajstić information content (AvgIpc) is 2.81. The lowest BCUT2D eigenvalue weighted by Gasteiger charge is -2.13. The summed E-state index contributed by atoms with van der Waals surface area (Å²) in [5.41, 5.74) is 0.314. The Morgan fingerprint density at radius 2 is 1.18 bits per heavy atom. The highest BCUT2D eigenvalue weighted by Crippen LogP contribution is 2.13. The standard InChI is InChI=1S/C28H46FNO3/c1-3-4-5-6-7-8-9-10-11-12-13-14-15-16-17-18-23-33-28(32)24(2)30-27(31)25-19-21-26(29)22-20-25/h19-22,24H,3-18,23H2,1-2H3,(H,30,31)/t24-/m0/s1. The molecule has 0 unspecified atom stereocenters. The van der Waals surface area contributed by atoms with Gasteiger partial charge in [-0.05, 0) is 37.6 Å². The summed E-state index contributed by atoms with van der Waals surface area (Å²) < 4.78 is 18.2. The predicted octanol–water partition coefficient (Wildman–Crippen LogP) is 7.75. The van der Waals surface area contributed by atoms with Crippen LogP contribution < -0.4 is 5.32 Å². The quantitative estimate of drug-likeness (QED) is 0.159. The molecule has 0 radical (unpaired) electrons. The molecule has 0 saturated carbocycles. The van der Waals surface area contributed by atoms with E-state index in [-0.39, 0.29) is 0 Å². The lowest BCUT2D eigenvalue weighted by atomic mass is 10.0. The van der Waals surface area contributed by atoms with Gasteiger partial charge in [-0.2, -0.15) is 0 Å². The van der Waals surface area contributed by atoms with E-state index in [9.17, 15) is 14.0 Å². The zero-order valence-electron chi connectivity index (χ0n) is 21.0. The van der Waals surface area contributed by atoms with Gasteiger partial charge >= 0.3 is 5.97 Å². The summed E-state index contributed by atoms with van der Waals surface area (Å²) in [6.45, 7) is 4.24. The van der Waals surface area contributed by atoms with E-state index in [4.69, 9.17) is 4.74 Å². The number of benzene rings is 1. The van der Waals surface area contributed by atoms with Gasteiger partial charge in [-0.1, -0.05) is 103 Å². The van der Waals surface area contributed by atoms with Gasteiger partial charge in [-0.25, -0.2) is 9.18 Å². The highest BCUT2D eigenvalue weighted by molar-refractivity contribution is 5.96. The van der Waals surface area contributed by atoms with Crippen molar-refractivity contribution >= 4 is 11.9 Å². The average molecular weight is 464 g/mol. The minimum atomic E-state index is -0.733. The molecule has 0 aliphatic rings. The second-order valence-corrected chi connectivity index (χ2v) is 9.17. The molecule has 188 valence electrons. The Balaban J connectivity index is 1.89. The fourth-order valence-corrected chi connectivity index (χ4v) is 3.89. The molecule has 1 rings (SSSR count). The highest BCUT2D eigenvalue weighted by atomic mass is 19.1. The van der Waals surface area contributed by atoms with E-state index in [1.54, 1.807) is 6.92 Å². The number of esters is 1. The molecule has 0 bridgehead atoms. The van der Waals surface area contributed by atoms with Gasteiger partial charge in [0.05, 0.1) is 6.61 Å². The number of hydrogen-bond donors (Lipinski definition) is 1. The van der Waals surface area contributed by atoms with Crippen LogP contribution in [0.1, 0.15) is 127 Å². The van der Waals surface area contributed by atoms with E-state index in [1.807, 2.05) is 0 Å². The van der Waals surface area contributed by atoms with E-state index < -0.39 is 23.7 Å². The maximum atomic E-state index is 12.9. The van der Waals surface area contributed by atoms with Crippen molar-refractivity contribution in [3.8, 4) is 0 Å². The molecule has 1 aromatic carbocycles. The SMILES string of the molecule is CCCCCCCCCCCCCCCCCCOC(=O)[C@H](C)NC(=O)c1ccc(F)cc1. The first-order chi connectivity index (χ1) is 16.0. The smallest absolute Gasteiger partial charge is 0.328 e. The summed E-state index contributed by atoms with van der Waals surface area (Å²) in [5, 5.41) is 2.59. The molecular weight excluding hydrogens is 417 g/mol. The number of unbranched alkanes of at least 4 members (excludes halogenated alkanes) is 15.